The van der Waals surface area contributed by atoms with Crippen LogP contribution in [-0.4, -0.2) is 33.9 Å². The van der Waals surface area contributed by atoms with Crippen molar-refractivity contribution in [3.8, 4) is 11.3 Å². The molecule has 0 spiro atoms. The van der Waals surface area contributed by atoms with Crippen LogP contribution in [0.25, 0.3) is 11.3 Å². The second-order valence-corrected chi connectivity index (χ2v) is 9.19. The number of anilines is 1. The van der Waals surface area contributed by atoms with Crippen molar-refractivity contribution in [2.75, 3.05) is 17.7 Å². The minimum atomic E-state index is -0.0432. The van der Waals surface area contributed by atoms with E-state index in [9.17, 15) is 4.79 Å². The Morgan fingerprint density at radius 2 is 2.13 bits per heavy atom. The number of ether oxygens (including phenoxy) is 1. The van der Waals surface area contributed by atoms with Gasteiger partial charge in [-0.15, -0.1) is 0 Å². The molecule has 2 heterocycles. The number of thioether (sulfide) groups is 1. The van der Waals surface area contributed by atoms with Crippen molar-refractivity contribution in [3.63, 3.8) is 0 Å². The third-order valence-electron chi connectivity index (χ3n) is 5.09. The van der Waals surface area contributed by atoms with Crippen LogP contribution in [0, 0.1) is 6.92 Å². The van der Waals surface area contributed by atoms with Gasteiger partial charge in [0.2, 0.25) is 5.91 Å². The highest BCUT2D eigenvalue weighted by molar-refractivity contribution is 9.10. The molecule has 5 nitrogen and oxygen atoms in total. The van der Waals surface area contributed by atoms with E-state index in [0.29, 0.717) is 5.75 Å². The molecule has 2 aromatic carbocycles. The topological polar surface area (TPSA) is 56.2 Å². The second-order valence-electron chi connectivity index (χ2n) is 7.33. The Bertz CT molecular complexity index is 1020. The van der Waals surface area contributed by atoms with Crippen LogP contribution in [-0.2, 0) is 16.1 Å². The fourth-order valence-corrected chi connectivity index (χ4v) is 4.83. The molecule has 0 radical (unpaired) electrons. The molecular formula is C23H24BrN3O2S. The summed E-state index contributed by atoms with van der Waals surface area (Å²) < 4.78 is 9.04. The van der Waals surface area contributed by atoms with Gasteiger partial charge in [0.15, 0.2) is 5.16 Å². The predicted octanol–water partition coefficient (Wildman–Crippen LogP) is 5.53. The molecular weight excluding hydrogens is 462 g/mol. The van der Waals surface area contributed by atoms with Crippen molar-refractivity contribution in [2.45, 2.75) is 37.6 Å². The Morgan fingerprint density at radius 3 is 2.87 bits per heavy atom. The maximum absolute atomic E-state index is 12.6. The number of carbonyl (C=O) groups excluding carboxylic acids is 1. The smallest absolute Gasteiger partial charge is 0.234 e. The molecule has 1 N–H and O–H groups in total. The zero-order valence-electron chi connectivity index (χ0n) is 16.8. The van der Waals surface area contributed by atoms with Crippen molar-refractivity contribution in [2.24, 2.45) is 0 Å². The van der Waals surface area contributed by atoms with Crippen LogP contribution in [0.2, 0.25) is 0 Å². The summed E-state index contributed by atoms with van der Waals surface area (Å²) in [5.74, 6) is 0.255. The summed E-state index contributed by atoms with van der Waals surface area (Å²) in [6.07, 6.45) is 4.24. The van der Waals surface area contributed by atoms with E-state index in [1.165, 1.54) is 11.8 Å². The van der Waals surface area contributed by atoms with Gasteiger partial charge in [0.1, 0.15) is 0 Å². The van der Waals surface area contributed by atoms with Crippen molar-refractivity contribution in [1.29, 1.82) is 0 Å². The van der Waals surface area contributed by atoms with Crippen LogP contribution in [0.15, 0.2) is 64.4 Å². The molecule has 1 fully saturated rings. The molecule has 0 saturated carbocycles. The van der Waals surface area contributed by atoms with Crippen molar-refractivity contribution < 1.29 is 9.53 Å². The summed E-state index contributed by atoms with van der Waals surface area (Å²) in [6.45, 7) is 3.55. The Kier molecular flexibility index (Phi) is 6.92. The molecule has 1 aliphatic rings. The average Bonchev–Trinajstić information content (AvgIpc) is 3.40. The molecule has 1 aliphatic heterocycles. The normalized spacial score (nSPS) is 16.0. The minimum Gasteiger partial charge on any atom is -0.376 e. The van der Waals surface area contributed by atoms with Crippen LogP contribution in [0.5, 0.6) is 0 Å². The molecule has 7 heteroatoms. The van der Waals surface area contributed by atoms with Gasteiger partial charge in [0.05, 0.1) is 30.3 Å². The molecule has 30 heavy (non-hydrogen) atoms. The number of amides is 1. The third kappa shape index (κ3) is 5.14. The molecule has 4 rings (SSSR count). The standard InChI is InChI=1S/C23H24BrN3O2S/c1-16-12-18(24)9-10-20(16)26-22(28)15-30-23-25-13-21(17-6-3-2-4-7-17)27(23)14-19-8-5-11-29-19/h2-4,6-7,9-10,12-13,19H,5,8,11,14-15H2,1H3,(H,26,28). The highest BCUT2D eigenvalue weighted by atomic mass is 79.9. The number of nitrogens with one attached hydrogen (secondary N) is 1. The van der Waals surface area contributed by atoms with E-state index in [4.69, 9.17) is 4.74 Å². The summed E-state index contributed by atoms with van der Waals surface area (Å²) in [5, 5.41) is 3.84. The number of hydrogen-bond donors (Lipinski definition) is 1. The largest absolute Gasteiger partial charge is 0.376 e. The number of hydrogen-bond acceptors (Lipinski definition) is 4. The van der Waals surface area contributed by atoms with Gasteiger partial charge in [-0.2, -0.15) is 0 Å². The number of aromatic nitrogens is 2. The average molecular weight is 486 g/mol. The molecule has 3 aromatic rings. The van der Waals surface area contributed by atoms with Gasteiger partial charge >= 0.3 is 0 Å². The van der Waals surface area contributed by atoms with Crippen LogP contribution in [0.4, 0.5) is 5.69 Å². The number of imidazole rings is 1. The van der Waals surface area contributed by atoms with Crippen LogP contribution in [0.1, 0.15) is 18.4 Å². The highest BCUT2D eigenvalue weighted by Gasteiger charge is 2.21. The van der Waals surface area contributed by atoms with Gasteiger partial charge < -0.3 is 14.6 Å². The lowest BCUT2D eigenvalue weighted by Crippen LogP contribution is -2.18. The first-order valence-electron chi connectivity index (χ1n) is 10.0. The second kappa shape index (κ2) is 9.81. The molecule has 156 valence electrons. The third-order valence-corrected chi connectivity index (χ3v) is 6.58. The lowest BCUT2D eigenvalue weighted by atomic mass is 10.1. The highest BCUT2D eigenvalue weighted by Crippen LogP contribution is 2.28. The van der Waals surface area contributed by atoms with E-state index in [1.807, 2.05) is 49.5 Å². The van der Waals surface area contributed by atoms with E-state index in [-0.39, 0.29) is 12.0 Å². The number of carbonyl (C=O) groups is 1. The first kappa shape index (κ1) is 21.2. The molecule has 1 aromatic heterocycles. The predicted molar refractivity (Wildman–Crippen MR) is 125 cm³/mol. The van der Waals surface area contributed by atoms with E-state index in [1.54, 1.807) is 0 Å². The van der Waals surface area contributed by atoms with Crippen LogP contribution in [0.3, 0.4) is 0 Å². The van der Waals surface area contributed by atoms with Crippen molar-refractivity contribution >= 4 is 39.3 Å². The van der Waals surface area contributed by atoms with E-state index in [2.05, 4.69) is 42.9 Å². The maximum Gasteiger partial charge on any atom is 0.234 e. The fraction of sp³-hybridized carbons (Fsp3) is 0.304. The number of halogens is 1. The van der Waals surface area contributed by atoms with Gasteiger partial charge in [0, 0.05) is 16.8 Å². The Labute approximate surface area is 189 Å². The summed E-state index contributed by atoms with van der Waals surface area (Å²) in [7, 11) is 0. The van der Waals surface area contributed by atoms with E-state index in [0.717, 1.165) is 58.1 Å². The van der Waals surface area contributed by atoms with E-state index >= 15 is 0 Å². The lowest BCUT2D eigenvalue weighted by Gasteiger charge is -2.16. The monoisotopic (exact) mass is 485 g/mol. The zero-order valence-corrected chi connectivity index (χ0v) is 19.2. The van der Waals surface area contributed by atoms with Gasteiger partial charge in [-0.05, 0) is 49.1 Å². The van der Waals surface area contributed by atoms with Crippen LogP contribution >= 0.6 is 27.7 Å². The lowest BCUT2D eigenvalue weighted by molar-refractivity contribution is -0.113. The zero-order chi connectivity index (χ0) is 20.9. The van der Waals surface area contributed by atoms with Gasteiger partial charge in [-0.25, -0.2) is 4.98 Å². The Hall–Kier alpha value is -2.09. The molecule has 0 bridgehead atoms. The minimum absolute atomic E-state index is 0.0432. The maximum atomic E-state index is 12.6. The SMILES string of the molecule is Cc1cc(Br)ccc1NC(=O)CSc1ncc(-c2ccccc2)n1CC1CCCO1. The molecule has 1 unspecified atom stereocenters. The molecule has 1 amide bonds. The van der Waals surface area contributed by atoms with Crippen LogP contribution < -0.4 is 5.32 Å². The van der Waals surface area contributed by atoms with Gasteiger partial charge in [0.25, 0.3) is 0 Å². The summed E-state index contributed by atoms with van der Waals surface area (Å²) >= 11 is 4.91. The first-order chi connectivity index (χ1) is 14.6. The van der Waals surface area contributed by atoms with Crippen molar-refractivity contribution in [3.05, 3.63) is 64.8 Å². The number of benzene rings is 2. The fourth-order valence-electron chi connectivity index (χ4n) is 3.57. The van der Waals surface area contributed by atoms with E-state index < -0.39 is 0 Å². The number of aryl methyl sites for hydroxylation is 1. The molecule has 1 saturated heterocycles. The Balaban J connectivity index is 1.48. The Morgan fingerprint density at radius 1 is 1.30 bits per heavy atom. The van der Waals surface area contributed by atoms with Gasteiger partial charge in [-0.3, -0.25) is 4.79 Å². The first-order valence-corrected chi connectivity index (χ1v) is 11.8. The quantitative estimate of drug-likeness (QED) is 0.446. The van der Waals surface area contributed by atoms with Crippen molar-refractivity contribution in [1.82, 2.24) is 9.55 Å². The molecule has 1 atom stereocenters. The molecule has 0 aliphatic carbocycles. The van der Waals surface area contributed by atoms with Gasteiger partial charge in [-0.1, -0.05) is 58.0 Å². The summed E-state index contributed by atoms with van der Waals surface area (Å²) in [4.78, 5) is 17.2. The summed E-state index contributed by atoms with van der Waals surface area (Å²) in [5.41, 5.74) is 4.02. The number of rotatable bonds is 7. The number of nitrogens with zero attached hydrogens (tertiary/aromatic N) is 2. The summed E-state index contributed by atoms with van der Waals surface area (Å²) in [6, 6.07) is 16.1.